The summed E-state index contributed by atoms with van der Waals surface area (Å²) in [7, 11) is 1.63. The highest BCUT2D eigenvalue weighted by Gasteiger charge is 2.16. The van der Waals surface area contributed by atoms with Crippen LogP contribution in [0.2, 0.25) is 1.41 Å². The van der Waals surface area contributed by atoms with Gasteiger partial charge in [-0.2, -0.15) is 0 Å². The zero-order valence-electron chi connectivity index (χ0n) is 27.4. The van der Waals surface area contributed by atoms with Crippen LogP contribution in [0.4, 0.5) is 10.5 Å². The number of hydrogen-bond donors (Lipinski definition) is 4. The Morgan fingerprint density at radius 2 is 1.54 bits per heavy atom. The van der Waals surface area contributed by atoms with E-state index in [4.69, 9.17) is 25.5 Å². The van der Waals surface area contributed by atoms with Gasteiger partial charge in [-0.25, -0.2) is 4.79 Å². The van der Waals surface area contributed by atoms with E-state index in [1.807, 2.05) is 12.1 Å². The minimum atomic E-state index is -0.936. The van der Waals surface area contributed by atoms with Crippen LogP contribution in [0.1, 0.15) is 61.7 Å². The smallest absolute Gasteiger partial charge is 0.406 e. The van der Waals surface area contributed by atoms with Crippen LogP contribution >= 0.6 is 0 Å². The minimum absolute atomic E-state index is 0.0552. The average molecular weight is 644 g/mol. The van der Waals surface area contributed by atoms with Gasteiger partial charge in [0.2, 0.25) is 11.8 Å². The number of aliphatic hydroxyl groups is 1. The van der Waals surface area contributed by atoms with Gasteiger partial charge < -0.3 is 45.0 Å². The lowest BCUT2D eigenvalue weighted by atomic mass is 10.0. The highest BCUT2D eigenvalue weighted by atomic mass is 16.6. The molecule has 0 unspecified atom stereocenters. The highest BCUT2D eigenvalue weighted by Crippen LogP contribution is 2.32. The molecule has 0 aliphatic rings. The zero-order chi connectivity index (χ0) is 33.9. The van der Waals surface area contributed by atoms with Crippen molar-refractivity contribution in [2.75, 3.05) is 58.6 Å². The molecule has 1 heterocycles. The van der Waals surface area contributed by atoms with Crippen LogP contribution < -0.4 is 16.4 Å². The summed E-state index contributed by atoms with van der Waals surface area (Å²) in [5.41, 5.74) is 4.01. The van der Waals surface area contributed by atoms with Crippen molar-refractivity contribution >= 4 is 51.2 Å². The molecule has 0 saturated heterocycles. The number of hydrogen-bond acceptors (Lipinski definition) is 9. The molecule has 5 N–H and O–H groups in total. The maximum Gasteiger partial charge on any atom is 0.406 e. The van der Waals surface area contributed by atoms with Gasteiger partial charge in [-0.1, -0.05) is 18.2 Å². The van der Waals surface area contributed by atoms with Crippen LogP contribution in [-0.2, 0) is 35.3 Å². The Morgan fingerprint density at radius 3 is 2.33 bits per heavy atom. The van der Waals surface area contributed by atoms with Gasteiger partial charge in [-0.3, -0.25) is 14.4 Å². The molecule has 0 bridgehead atoms. The molecule has 252 valence electrons. The van der Waals surface area contributed by atoms with Crippen LogP contribution in [0.3, 0.4) is 0 Å². The molecule has 0 fully saturated rings. The van der Waals surface area contributed by atoms with Gasteiger partial charge in [-0.15, -0.1) is 0 Å². The standard InChI is InChI=1S/C33H46N4O9/c1-43-16-6-19-45-20-14-35-31(40)8-4-9-32(41)36-25-11-13-27-26-12-10-24(30(39)7-5-18-44-17-3-2-15-38)21-28(26)37(29(27)22-25)23-46-33(34)42/h10-13,21-22,38H,2-9,14-20,23H2,1H3,(H2,34,42)(H,35,40)(H,36,41)/i/hD. The number of ether oxygens (including phenoxy) is 4. The van der Waals surface area contributed by atoms with Gasteiger partial charge in [0.15, 0.2) is 13.9 Å². The van der Waals surface area contributed by atoms with E-state index in [9.17, 15) is 19.2 Å². The molecule has 0 atom stereocenters. The monoisotopic (exact) mass is 643 g/mol. The van der Waals surface area contributed by atoms with E-state index in [1.54, 1.807) is 41.7 Å². The number of aliphatic hydroxyl groups excluding tert-OH is 1. The molecule has 0 aliphatic carbocycles. The first-order valence-corrected chi connectivity index (χ1v) is 15.6. The summed E-state index contributed by atoms with van der Waals surface area (Å²) in [6.07, 6.45) is 2.89. The number of unbranched alkanes of at least 4 members (excludes halogenated alkanes) is 1. The molecule has 0 radical (unpaired) electrons. The molecule has 13 nitrogen and oxygen atoms in total. The number of carbonyl (C=O) groups excluding carboxylic acids is 4. The Morgan fingerprint density at radius 1 is 0.826 bits per heavy atom. The Kier molecular flexibility index (Phi) is 15.3. The lowest BCUT2D eigenvalue weighted by Gasteiger charge is -2.10. The number of benzene rings is 2. The Labute approximate surface area is 270 Å². The number of anilines is 1. The number of nitrogens with two attached hydrogens (primary N) is 1. The summed E-state index contributed by atoms with van der Waals surface area (Å²) in [6, 6.07) is 10.7. The summed E-state index contributed by atoms with van der Waals surface area (Å²) in [4.78, 5) is 49.5. The highest BCUT2D eigenvalue weighted by molar-refractivity contribution is 6.11. The van der Waals surface area contributed by atoms with Gasteiger partial charge in [0.05, 0.1) is 17.6 Å². The number of primary amides is 1. The zero-order valence-corrected chi connectivity index (χ0v) is 26.4. The van der Waals surface area contributed by atoms with Gasteiger partial charge >= 0.3 is 6.09 Å². The number of amides is 3. The lowest BCUT2D eigenvalue weighted by molar-refractivity contribution is -0.121. The number of carbonyl (C=O) groups is 4. The van der Waals surface area contributed by atoms with E-state index in [0.29, 0.717) is 87.5 Å². The molecule has 3 rings (SSSR count). The van der Waals surface area contributed by atoms with Crippen LogP contribution in [0.25, 0.3) is 21.8 Å². The van der Waals surface area contributed by atoms with E-state index < -0.39 is 6.09 Å². The van der Waals surface area contributed by atoms with Crippen LogP contribution in [0.15, 0.2) is 36.4 Å². The predicted molar refractivity (Wildman–Crippen MR) is 174 cm³/mol. The van der Waals surface area contributed by atoms with Gasteiger partial charge in [0.25, 0.3) is 0 Å². The number of aromatic nitrogens is 1. The second-order valence-corrected chi connectivity index (χ2v) is 10.7. The lowest BCUT2D eigenvalue weighted by Crippen LogP contribution is -2.27. The van der Waals surface area contributed by atoms with Crippen LogP contribution in [-0.4, -0.2) is 86.7 Å². The molecular weight excluding hydrogens is 596 g/mol. The molecule has 0 spiro atoms. The third kappa shape index (κ3) is 12.0. The third-order valence-corrected chi connectivity index (χ3v) is 7.20. The molecule has 1 aromatic heterocycles. The normalized spacial score (nSPS) is 11.4. The van der Waals surface area contributed by atoms with Crippen molar-refractivity contribution in [1.82, 2.24) is 9.88 Å². The summed E-state index contributed by atoms with van der Waals surface area (Å²) < 4.78 is 29.9. The first-order valence-electron chi connectivity index (χ1n) is 16.1. The topological polar surface area (TPSA) is 180 Å². The molecule has 46 heavy (non-hydrogen) atoms. The van der Waals surface area contributed by atoms with Gasteiger partial charge in [-0.05, 0) is 50.3 Å². The first kappa shape index (κ1) is 34.8. The molecule has 13 heteroatoms. The minimum Gasteiger partial charge on any atom is -0.428 e. The summed E-state index contributed by atoms with van der Waals surface area (Å²) >= 11 is 0. The van der Waals surface area contributed by atoms with E-state index in [-0.39, 0.29) is 43.8 Å². The summed E-state index contributed by atoms with van der Waals surface area (Å²) in [5.74, 6) is -0.460. The molecule has 3 amide bonds. The van der Waals surface area contributed by atoms with E-state index in [0.717, 1.165) is 23.6 Å². The number of Topliss-reactive ketones (excluding diaryl/α,β-unsaturated/α-hetero) is 1. The van der Waals surface area contributed by atoms with Crippen LogP contribution in [0, 0.1) is 0 Å². The van der Waals surface area contributed by atoms with Crippen molar-refractivity contribution in [3.05, 3.63) is 42.0 Å². The second-order valence-electron chi connectivity index (χ2n) is 10.7. The van der Waals surface area contributed by atoms with E-state index >= 15 is 0 Å². The number of nitrogens with one attached hydrogen (secondary N) is 2. The largest absolute Gasteiger partial charge is 0.428 e. The quantitative estimate of drug-likeness (QED) is 0.0881. The molecular formula is C33H46N4O9. The van der Waals surface area contributed by atoms with Crippen molar-refractivity contribution in [3.8, 4) is 0 Å². The number of fused-ring (bicyclic) bond motifs is 3. The molecule has 3 aromatic rings. The van der Waals surface area contributed by atoms with Crippen molar-refractivity contribution in [2.24, 2.45) is 5.73 Å². The number of ketones is 1. The van der Waals surface area contributed by atoms with Crippen molar-refractivity contribution in [3.63, 3.8) is 0 Å². The predicted octanol–water partition coefficient (Wildman–Crippen LogP) is 3.88. The van der Waals surface area contributed by atoms with Crippen molar-refractivity contribution in [1.29, 1.82) is 0 Å². The summed E-state index contributed by atoms with van der Waals surface area (Å²) in [5, 5.41) is 16.1. The third-order valence-electron chi connectivity index (χ3n) is 7.20. The number of methoxy groups -OCH3 is 1. The van der Waals surface area contributed by atoms with Crippen molar-refractivity contribution < 1.29 is 44.6 Å². The number of nitrogens with zero attached hydrogens (tertiary/aromatic N) is 1. The van der Waals surface area contributed by atoms with Crippen LogP contribution in [0.5, 0.6) is 0 Å². The fourth-order valence-corrected chi connectivity index (χ4v) is 4.90. The average Bonchev–Trinajstić information content (AvgIpc) is 3.38. The maximum absolute atomic E-state index is 13.0. The van der Waals surface area contributed by atoms with E-state index in [2.05, 4.69) is 10.6 Å². The maximum atomic E-state index is 13.0. The van der Waals surface area contributed by atoms with Gasteiger partial charge in [0, 0.05) is 88.0 Å². The fraction of sp³-hybridized carbons (Fsp3) is 0.515. The molecule has 0 saturated carbocycles. The molecule has 2 aromatic carbocycles. The Balaban J connectivity index is 1.62. The van der Waals surface area contributed by atoms with Gasteiger partial charge in [0.1, 0.15) is 0 Å². The number of rotatable bonds is 23. The fourth-order valence-electron chi connectivity index (χ4n) is 4.90. The second kappa shape index (κ2) is 20.2. The Bertz CT molecular complexity index is 1460. The molecule has 0 aliphatic heterocycles. The Hall–Kier alpha value is -4.04. The SMILES string of the molecule is [2H]NC(=O)OCn1c2cc(NC(=O)CCCC(=O)NCCOCCCOC)ccc2c2ccc(C(=O)CCCOCCCCO)cc21. The van der Waals surface area contributed by atoms with E-state index in [1.165, 1.54) is 0 Å². The van der Waals surface area contributed by atoms with Crippen molar-refractivity contribution in [2.45, 2.75) is 58.1 Å². The first-order chi connectivity index (χ1) is 22.9. The summed E-state index contributed by atoms with van der Waals surface area (Å²) in [6.45, 7) is 2.89.